The van der Waals surface area contributed by atoms with Gasteiger partial charge in [0.25, 0.3) is 11.1 Å². The van der Waals surface area contributed by atoms with Crippen LogP contribution in [0.25, 0.3) is 6.08 Å². The molecular formula is C22H24N2O2S. The monoisotopic (exact) mass is 380 g/mol. The lowest BCUT2D eigenvalue weighted by Gasteiger charge is -2.13. The predicted molar refractivity (Wildman–Crippen MR) is 114 cm³/mol. The number of aryl methyl sites for hydroxylation is 1. The summed E-state index contributed by atoms with van der Waals surface area (Å²) in [7, 11) is 3.96. The van der Waals surface area contributed by atoms with Gasteiger partial charge in [-0.3, -0.25) is 9.59 Å². The van der Waals surface area contributed by atoms with Gasteiger partial charge >= 0.3 is 0 Å². The summed E-state index contributed by atoms with van der Waals surface area (Å²) in [6.45, 7) is 2.16. The Kier molecular flexibility index (Phi) is 6.01. The first-order valence-corrected chi connectivity index (χ1v) is 9.95. The first-order valence-electron chi connectivity index (χ1n) is 9.14. The van der Waals surface area contributed by atoms with Crippen molar-refractivity contribution in [2.75, 3.05) is 23.9 Å². The number of hydrogen-bond donors (Lipinski definition) is 0. The van der Waals surface area contributed by atoms with E-state index < -0.39 is 0 Å². The summed E-state index contributed by atoms with van der Waals surface area (Å²) >= 11 is 0.988. The number of rotatable bonds is 6. The van der Waals surface area contributed by atoms with Gasteiger partial charge in [-0.25, -0.2) is 4.90 Å². The summed E-state index contributed by atoms with van der Waals surface area (Å²) in [5.41, 5.74) is 3.85. The van der Waals surface area contributed by atoms with Gasteiger partial charge in [-0.15, -0.1) is 0 Å². The Hall–Kier alpha value is -2.53. The van der Waals surface area contributed by atoms with E-state index in [1.807, 2.05) is 67.5 Å². The summed E-state index contributed by atoms with van der Waals surface area (Å²) in [4.78, 5) is 28.9. The lowest BCUT2D eigenvalue weighted by Crippen LogP contribution is -2.27. The van der Waals surface area contributed by atoms with Crippen molar-refractivity contribution in [3.05, 3.63) is 64.6 Å². The van der Waals surface area contributed by atoms with Crippen molar-refractivity contribution in [1.82, 2.24) is 0 Å². The molecule has 1 fully saturated rings. The van der Waals surface area contributed by atoms with Gasteiger partial charge in [0.2, 0.25) is 0 Å². The number of carbonyl (C=O) groups is 2. The van der Waals surface area contributed by atoms with Crippen LogP contribution < -0.4 is 9.80 Å². The number of benzene rings is 2. The van der Waals surface area contributed by atoms with Crippen molar-refractivity contribution in [2.45, 2.75) is 26.2 Å². The van der Waals surface area contributed by atoms with Crippen LogP contribution in [-0.2, 0) is 11.2 Å². The van der Waals surface area contributed by atoms with Gasteiger partial charge in [0.05, 0.1) is 10.6 Å². The largest absolute Gasteiger partial charge is 0.378 e. The second kappa shape index (κ2) is 8.44. The van der Waals surface area contributed by atoms with Crippen LogP contribution in [0.15, 0.2) is 53.4 Å². The van der Waals surface area contributed by atoms with Crippen LogP contribution >= 0.6 is 11.8 Å². The molecule has 0 spiro atoms. The minimum Gasteiger partial charge on any atom is -0.378 e. The van der Waals surface area contributed by atoms with Crippen molar-refractivity contribution in [3.63, 3.8) is 0 Å². The highest BCUT2D eigenvalue weighted by Crippen LogP contribution is 2.36. The highest BCUT2D eigenvalue weighted by atomic mass is 32.2. The standard InChI is InChI=1S/C22H24N2O2S/c1-4-5-6-16-7-13-19(14-8-16)24-21(25)20(27-22(24)26)15-17-9-11-18(12-10-17)23(2)3/h7-15H,4-6H2,1-3H3/b20-15-. The Morgan fingerprint density at radius 2 is 1.67 bits per heavy atom. The van der Waals surface area contributed by atoms with Crippen LogP contribution in [0.5, 0.6) is 0 Å². The molecule has 1 saturated heterocycles. The highest BCUT2D eigenvalue weighted by molar-refractivity contribution is 8.19. The van der Waals surface area contributed by atoms with Gasteiger partial charge < -0.3 is 4.90 Å². The molecule has 5 heteroatoms. The SMILES string of the molecule is CCCCc1ccc(N2C(=O)S/C(=C\c3ccc(N(C)C)cc3)C2=O)cc1. The van der Waals surface area contributed by atoms with E-state index in [4.69, 9.17) is 0 Å². The maximum atomic E-state index is 12.8. The Labute approximate surface area is 164 Å². The summed E-state index contributed by atoms with van der Waals surface area (Å²) < 4.78 is 0. The van der Waals surface area contributed by atoms with E-state index >= 15 is 0 Å². The smallest absolute Gasteiger partial charge is 0.298 e. The fraction of sp³-hybridized carbons (Fsp3) is 0.273. The minimum absolute atomic E-state index is 0.252. The van der Waals surface area contributed by atoms with E-state index in [1.165, 1.54) is 10.5 Å². The second-order valence-electron chi connectivity index (χ2n) is 6.77. The molecule has 0 N–H and O–H groups in total. The molecule has 27 heavy (non-hydrogen) atoms. The zero-order valence-electron chi connectivity index (χ0n) is 15.9. The molecule has 0 aliphatic carbocycles. The molecule has 1 aliphatic heterocycles. The molecule has 2 aromatic carbocycles. The molecule has 0 radical (unpaired) electrons. The van der Waals surface area contributed by atoms with Gasteiger partial charge in [-0.2, -0.15) is 0 Å². The van der Waals surface area contributed by atoms with Crippen molar-refractivity contribution in [2.24, 2.45) is 0 Å². The Balaban J connectivity index is 1.78. The number of hydrogen-bond acceptors (Lipinski definition) is 4. The molecule has 1 aliphatic rings. The van der Waals surface area contributed by atoms with Gasteiger partial charge in [-0.1, -0.05) is 37.6 Å². The Morgan fingerprint density at radius 3 is 2.26 bits per heavy atom. The fourth-order valence-corrected chi connectivity index (χ4v) is 3.74. The van der Waals surface area contributed by atoms with E-state index in [9.17, 15) is 9.59 Å². The Bertz CT molecular complexity index is 855. The highest BCUT2D eigenvalue weighted by Gasteiger charge is 2.36. The van der Waals surface area contributed by atoms with E-state index in [-0.39, 0.29) is 11.1 Å². The van der Waals surface area contributed by atoms with E-state index in [2.05, 4.69) is 6.92 Å². The normalized spacial score (nSPS) is 15.7. The summed E-state index contributed by atoms with van der Waals surface area (Å²) in [6.07, 6.45) is 5.07. The summed E-state index contributed by atoms with van der Waals surface area (Å²) in [6, 6.07) is 15.6. The predicted octanol–water partition coefficient (Wildman–Crippen LogP) is 5.34. The van der Waals surface area contributed by atoms with Gasteiger partial charge in [0, 0.05) is 19.8 Å². The van der Waals surface area contributed by atoms with Crippen LogP contribution in [-0.4, -0.2) is 25.2 Å². The van der Waals surface area contributed by atoms with Crippen LogP contribution in [0.2, 0.25) is 0 Å². The Morgan fingerprint density at radius 1 is 1.00 bits per heavy atom. The van der Waals surface area contributed by atoms with Crippen LogP contribution in [0.1, 0.15) is 30.9 Å². The third kappa shape index (κ3) is 4.42. The first kappa shape index (κ1) is 19.2. The molecule has 4 nitrogen and oxygen atoms in total. The number of amides is 2. The summed E-state index contributed by atoms with van der Waals surface area (Å²) in [5, 5.41) is -0.252. The molecule has 3 rings (SSSR count). The second-order valence-corrected chi connectivity index (χ2v) is 7.77. The zero-order valence-corrected chi connectivity index (χ0v) is 16.8. The van der Waals surface area contributed by atoms with Crippen LogP contribution in [0.3, 0.4) is 0 Å². The van der Waals surface area contributed by atoms with Gasteiger partial charge in [-0.05, 0) is 66.1 Å². The lowest BCUT2D eigenvalue weighted by molar-refractivity contribution is -0.113. The van der Waals surface area contributed by atoms with Crippen molar-refractivity contribution in [3.8, 4) is 0 Å². The lowest BCUT2D eigenvalue weighted by atomic mass is 10.1. The first-order chi connectivity index (χ1) is 13.0. The van der Waals surface area contributed by atoms with Gasteiger partial charge in [0.1, 0.15) is 0 Å². The number of thioether (sulfide) groups is 1. The number of unbranched alkanes of at least 4 members (excludes halogenated alkanes) is 1. The molecule has 0 unspecified atom stereocenters. The van der Waals surface area contributed by atoms with Crippen LogP contribution in [0, 0.1) is 0 Å². The number of anilines is 2. The molecule has 0 aromatic heterocycles. The molecular weight excluding hydrogens is 356 g/mol. The van der Waals surface area contributed by atoms with E-state index in [0.717, 1.165) is 42.3 Å². The van der Waals surface area contributed by atoms with Crippen molar-refractivity contribution < 1.29 is 9.59 Å². The number of nitrogens with zero attached hydrogens (tertiary/aromatic N) is 2. The maximum absolute atomic E-state index is 12.8. The molecule has 2 aromatic rings. The zero-order chi connectivity index (χ0) is 19.4. The van der Waals surface area contributed by atoms with E-state index in [0.29, 0.717) is 10.6 Å². The number of carbonyl (C=O) groups excluding carboxylic acids is 2. The third-order valence-corrected chi connectivity index (χ3v) is 5.38. The molecule has 0 saturated carbocycles. The molecule has 140 valence electrons. The molecule has 1 heterocycles. The van der Waals surface area contributed by atoms with Crippen molar-refractivity contribution in [1.29, 1.82) is 0 Å². The quantitative estimate of drug-likeness (QED) is 0.635. The minimum atomic E-state index is -0.261. The van der Waals surface area contributed by atoms with Crippen LogP contribution in [0.4, 0.5) is 16.2 Å². The van der Waals surface area contributed by atoms with Gasteiger partial charge in [0.15, 0.2) is 0 Å². The van der Waals surface area contributed by atoms with Crippen molar-refractivity contribution >= 4 is 40.4 Å². The molecule has 2 amide bonds. The molecule has 0 atom stereocenters. The van der Waals surface area contributed by atoms with E-state index in [1.54, 1.807) is 6.08 Å². The number of imide groups is 1. The average molecular weight is 381 g/mol. The topological polar surface area (TPSA) is 40.6 Å². The average Bonchev–Trinajstić information content (AvgIpc) is 2.94. The molecule has 0 bridgehead atoms. The fourth-order valence-electron chi connectivity index (χ4n) is 2.90. The maximum Gasteiger partial charge on any atom is 0.298 e. The summed E-state index contributed by atoms with van der Waals surface area (Å²) in [5.74, 6) is -0.261. The third-order valence-electron chi connectivity index (χ3n) is 4.51.